The number of rotatable bonds is 7. The molecule has 1 aliphatic carbocycles. The number of aryl methyl sites for hydroxylation is 1. The standard InChI is InChI=1S/C16H26N4O/c1-5-17-15-9-13(8-11(2)19-15)16(21)18-10-12(3)20(4)14-6-7-14/h8-9,12,14H,5-7,10H2,1-4H3,(H,17,19)(H,18,21). The minimum Gasteiger partial charge on any atom is -0.370 e. The first-order valence-electron chi connectivity index (χ1n) is 7.74. The molecule has 2 rings (SSSR count). The number of nitrogens with zero attached hydrogens (tertiary/aromatic N) is 2. The smallest absolute Gasteiger partial charge is 0.251 e. The van der Waals surface area contributed by atoms with E-state index in [9.17, 15) is 4.79 Å². The highest BCUT2D eigenvalue weighted by Gasteiger charge is 2.29. The summed E-state index contributed by atoms with van der Waals surface area (Å²) in [5.41, 5.74) is 1.52. The number of anilines is 1. The third-order valence-corrected chi connectivity index (χ3v) is 3.95. The average molecular weight is 290 g/mol. The van der Waals surface area contributed by atoms with E-state index in [1.165, 1.54) is 12.8 Å². The van der Waals surface area contributed by atoms with Crippen molar-refractivity contribution in [1.29, 1.82) is 0 Å². The number of carbonyl (C=O) groups is 1. The zero-order valence-electron chi connectivity index (χ0n) is 13.4. The first-order chi connectivity index (χ1) is 10.0. The Balaban J connectivity index is 1.93. The van der Waals surface area contributed by atoms with E-state index < -0.39 is 0 Å². The highest BCUT2D eigenvalue weighted by molar-refractivity contribution is 5.95. The molecule has 1 amide bonds. The van der Waals surface area contributed by atoms with Gasteiger partial charge in [-0.25, -0.2) is 4.98 Å². The number of pyridine rings is 1. The van der Waals surface area contributed by atoms with Crippen molar-refractivity contribution < 1.29 is 4.79 Å². The fraction of sp³-hybridized carbons (Fsp3) is 0.625. The van der Waals surface area contributed by atoms with Crippen molar-refractivity contribution >= 4 is 11.7 Å². The summed E-state index contributed by atoms with van der Waals surface area (Å²) in [6.07, 6.45) is 2.56. The number of carbonyl (C=O) groups excluding carboxylic acids is 1. The summed E-state index contributed by atoms with van der Waals surface area (Å²) in [5.74, 6) is 0.724. The second-order valence-corrected chi connectivity index (χ2v) is 5.87. The fourth-order valence-electron chi connectivity index (χ4n) is 2.40. The fourth-order valence-corrected chi connectivity index (χ4v) is 2.40. The van der Waals surface area contributed by atoms with Crippen LogP contribution in [0.1, 0.15) is 42.7 Å². The Morgan fingerprint density at radius 3 is 2.81 bits per heavy atom. The van der Waals surface area contributed by atoms with Gasteiger partial charge in [0.05, 0.1) is 0 Å². The van der Waals surface area contributed by atoms with E-state index in [1.807, 2.05) is 19.9 Å². The first-order valence-corrected chi connectivity index (χ1v) is 7.74. The molecule has 1 heterocycles. The second-order valence-electron chi connectivity index (χ2n) is 5.87. The summed E-state index contributed by atoms with van der Waals surface area (Å²) in [7, 11) is 2.13. The molecule has 0 aliphatic heterocycles. The number of nitrogens with one attached hydrogen (secondary N) is 2. The van der Waals surface area contributed by atoms with Gasteiger partial charge in [-0.1, -0.05) is 0 Å². The Morgan fingerprint density at radius 2 is 2.19 bits per heavy atom. The summed E-state index contributed by atoms with van der Waals surface area (Å²) in [4.78, 5) is 19.0. The number of hydrogen-bond donors (Lipinski definition) is 2. The van der Waals surface area contributed by atoms with Gasteiger partial charge in [0.1, 0.15) is 5.82 Å². The largest absolute Gasteiger partial charge is 0.370 e. The van der Waals surface area contributed by atoms with Crippen molar-refractivity contribution in [3.05, 3.63) is 23.4 Å². The third kappa shape index (κ3) is 4.43. The van der Waals surface area contributed by atoms with Gasteiger partial charge in [0.15, 0.2) is 0 Å². The van der Waals surface area contributed by atoms with Crippen molar-refractivity contribution in [2.45, 2.75) is 45.7 Å². The van der Waals surface area contributed by atoms with Crippen LogP contribution in [0, 0.1) is 6.92 Å². The first kappa shape index (κ1) is 15.8. The molecule has 0 saturated heterocycles. The number of aromatic nitrogens is 1. The summed E-state index contributed by atoms with van der Waals surface area (Å²) >= 11 is 0. The lowest BCUT2D eigenvalue weighted by Gasteiger charge is -2.24. The van der Waals surface area contributed by atoms with Crippen LogP contribution in [0.4, 0.5) is 5.82 Å². The SMILES string of the molecule is CCNc1cc(C(=O)NCC(C)N(C)C2CC2)cc(C)n1. The molecule has 1 unspecified atom stereocenters. The monoisotopic (exact) mass is 290 g/mol. The Bertz CT molecular complexity index is 499. The lowest BCUT2D eigenvalue weighted by molar-refractivity contribution is 0.0939. The minimum atomic E-state index is -0.0318. The molecule has 1 aromatic heterocycles. The molecule has 2 N–H and O–H groups in total. The topological polar surface area (TPSA) is 57.3 Å². The van der Waals surface area contributed by atoms with E-state index in [2.05, 4.69) is 34.5 Å². The van der Waals surface area contributed by atoms with Gasteiger partial charge in [0.25, 0.3) is 5.91 Å². The maximum absolute atomic E-state index is 12.3. The summed E-state index contributed by atoms with van der Waals surface area (Å²) in [6, 6.07) is 4.70. The van der Waals surface area contributed by atoms with Gasteiger partial charge in [0, 0.05) is 36.4 Å². The molecule has 0 spiro atoms. The highest BCUT2D eigenvalue weighted by Crippen LogP contribution is 2.26. The number of hydrogen-bond acceptors (Lipinski definition) is 4. The van der Waals surface area contributed by atoms with E-state index in [-0.39, 0.29) is 5.91 Å². The maximum atomic E-state index is 12.3. The predicted octanol–water partition coefficient (Wildman–Crippen LogP) is 2.03. The normalized spacial score (nSPS) is 15.9. The Kier molecular flexibility index (Phi) is 5.17. The Labute approximate surface area is 127 Å². The van der Waals surface area contributed by atoms with Gasteiger partial charge in [-0.15, -0.1) is 0 Å². The number of likely N-dealkylation sites (N-methyl/N-ethyl adjacent to an activating group) is 1. The third-order valence-electron chi connectivity index (χ3n) is 3.95. The summed E-state index contributed by atoms with van der Waals surface area (Å²) in [5, 5.41) is 6.17. The lowest BCUT2D eigenvalue weighted by atomic mass is 10.2. The predicted molar refractivity (Wildman–Crippen MR) is 85.7 cm³/mol. The van der Waals surface area contributed by atoms with Gasteiger partial charge in [-0.05, 0) is 52.8 Å². The summed E-state index contributed by atoms with van der Waals surface area (Å²) in [6.45, 7) is 7.53. The van der Waals surface area contributed by atoms with Gasteiger partial charge < -0.3 is 10.6 Å². The molecule has 0 radical (unpaired) electrons. The molecule has 1 fully saturated rings. The van der Waals surface area contributed by atoms with E-state index in [4.69, 9.17) is 0 Å². The molecule has 1 saturated carbocycles. The van der Waals surface area contributed by atoms with Crippen LogP contribution in [0.5, 0.6) is 0 Å². The molecule has 1 atom stereocenters. The number of amides is 1. The van der Waals surface area contributed by atoms with Crippen molar-refractivity contribution in [2.75, 3.05) is 25.5 Å². The summed E-state index contributed by atoms with van der Waals surface area (Å²) < 4.78 is 0. The maximum Gasteiger partial charge on any atom is 0.251 e. The Hall–Kier alpha value is -1.62. The highest BCUT2D eigenvalue weighted by atomic mass is 16.1. The molecule has 5 nitrogen and oxygen atoms in total. The van der Waals surface area contributed by atoms with E-state index >= 15 is 0 Å². The van der Waals surface area contributed by atoms with Crippen molar-refractivity contribution in [1.82, 2.24) is 15.2 Å². The van der Waals surface area contributed by atoms with Crippen LogP contribution in [0.25, 0.3) is 0 Å². The zero-order chi connectivity index (χ0) is 15.4. The average Bonchev–Trinajstić information content (AvgIpc) is 3.27. The van der Waals surface area contributed by atoms with Crippen LogP contribution in [-0.2, 0) is 0 Å². The van der Waals surface area contributed by atoms with E-state index in [1.54, 1.807) is 6.07 Å². The molecule has 0 bridgehead atoms. The molecule has 116 valence electrons. The van der Waals surface area contributed by atoms with Crippen LogP contribution >= 0.6 is 0 Å². The molecule has 1 aromatic rings. The van der Waals surface area contributed by atoms with E-state index in [0.29, 0.717) is 24.2 Å². The zero-order valence-corrected chi connectivity index (χ0v) is 13.4. The van der Waals surface area contributed by atoms with Crippen molar-refractivity contribution in [2.24, 2.45) is 0 Å². The molecule has 0 aromatic carbocycles. The van der Waals surface area contributed by atoms with Crippen LogP contribution in [0.15, 0.2) is 12.1 Å². The molecule has 21 heavy (non-hydrogen) atoms. The van der Waals surface area contributed by atoms with Crippen LogP contribution in [-0.4, -0.2) is 48.0 Å². The van der Waals surface area contributed by atoms with Gasteiger partial charge in [-0.3, -0.25) is 9.69 Å². The van der Waals surface area contributed by atoms with Crippen LogP contribution in [0.2, 0.25) is 0 Å². The quantitative estimate of drug-likeness (QED) is 0.807. The van der Waals surface area contributed by atoms with Gasteiger partial charge in [0.2, 0.25) is 0 Å². The van der Waals surface area contributed by atoms with Crippen molar-refractivity contribution in [3.8, 4) is 0 Å². The van der Waals surface area contributed by atoms with Crippen LogP contribution < -0.4 is 10.6 Å². The Morgan fingerprint density at radius 1 is 1.48 bits per heavy atom. The minimum absolute atomic E-state index is 0.0318. The van der Waals surface area contributed by atoms with Crippen molar-refractivity contribution in [3.63, 3.8) is 0 Å². The molecule has 5 heteroatoms. The molecular formula is C16H26N4O. The molecule has 1 aliphatic rings. The van der Waals surface area contributed by atoms with Gasteiger partial charge >= 0.3 is 0 Å². The van der Waals surface area contributed by atoms with Gasteiger partial charge in [-0.2, -0.15) is 0 Å². The molecular weight excluding hydrogens is 264 g/mol. The second kappa shape index (κ2) is 6.89. The lowest BCUT2D eigenvalue weighted by Crippen LogP contribution is -2.41. The van der Waals surface area contributed by atoms with E-state index in [0.717, 1.165) is 18.1 Å². The van der Waals surface area contributed by atoms with Crippen LogP contribution in [0.3, 0.4) is 0 Å².